The number of carbonyl (C=O) groups excluding carboxylic acids is 2. The number of nitrogens with one attached hydrogen (secondary N) is 1. The molecular formula is C22H24F3N2O6P. The molecule has 3 rings (SSSR count). The third-order valence-electron chi connectivity index (χ3n) is 5.56. The van der Waals surface area contributed by atoms with Crippen molar-refractivity contribution in [2.75, 3.05) is 19.7 Å². The molecule has 0 aliphatic carbocycles. The summed E-state index contributed by atoms with van der Waals surface area (Å²) >= 11 is 0. The lowest BCUT2D eigenvalue weighted by Gasteiger charge is -2.34. The lowest BCUT2D eigenvalue weighted by atomic mass is 9.88. The molecule has 0 radical (unpaired) electrons. The quantitative estimate of drug-likeness (QED) is 0.503. The Morgan fingerprint density at radius 3 is 2.18 bits per heavy atom. The summed E-state index contributed by atoms with van der Waals surface area (Å²) in [6.07, 6.45) is -3.45. The Morgan fingerprint density at radius 2 is 1.65 bits per heavy atom. The van der Waals surface area contributed by atoms with Crippen LogP contribution >= 0.6 is 7.82 Å². The van der Waals surface area contributed by atoms with E-state index in [9.17, 15) is 27.3 Å². The summed E-state index contributed by atoms with van der Waals surface area (Å²) in [5.41, 5.74) is 0.266. The number of carbonyl (C=O) groups is 2. The lowest BCUT2D eigenvalue weighted by Crippen LogP contribution is -2.52. The SMILES string of the molecule is O=C(N[C@@H](COP(=O)(O)O)C(=O)N1CCC(c2ccc(C(F)(F)F)cc2)CC1)c1ccccc1. The Labute approximate surface area is 194 Å². The van der Waals surface area contributed by atoms with Gasteiger partial charge in [0, 0.05) is 18.7 Å². The molecule has 1 aliphatic rings. The average molecular weight is 500 g/mol. The van der Waals surface area contributed by atoms with Gasteiger partial charge >= 0.3 is 14.0 Å². The van der Waals surface area contributed by atoms with Gasteiger partial charge in [0.15, 0.2) is 0 Å². The first-order valence-corrected chi connectivity index (χ1v) is 12.0. The van der Waals surface area contributed by atoms with Gasteiger partial charge in [-0.3, -0.25) is 14.1 Å². The van der Waals surface area contributed by atoms with E-state index in [-0.39, 0.29) is 24.6 Å². The van der Waals surface area contributed by atoms with Crippen molar-refractivity contribution in [3.8, 4) is 0 Å². The van der Waals surface area contributed by atoms with E-state index in [1.807, 2.05) is 0 Å². The number of rotatable bonds is 7. The van der Waals surface area contributed by atoms with Gasteiger partial charge in [0.25, 0.3) is 5.91 Å². The third-order valence-corrected chi connectivity index (χ3v) is 6.05. The van der Waals surface area contributed by atoms with Crippen LogP contribution in [0.15, 0.2) is 54.6 Å². The van der Waals surface area contributed by atoms with E-state index in [0.717, 1.165) is 17.7 Å². The van der Waals surface area contributed by atoms with E-state index < -0.39 is 44.0 Å². The molecule has 0 unspecified atom stereocenters. The lowest BCUT2D eigenvalue weighted by molar-refractivity contribution is -0.137. The van der Waals surface area contributed by atoms with E-state index in [4.69, 9.17) is 9.79 Å². The second-order valence-corrected chi connectivity index (χ2v) is 9.14. The normalized spacial score (nSPS) is 16.2. The van der Waals surface area contributed by atoms with Crippen LogP contribution in [0.25, 0.3) is 0 Å². The van der Waals surface area contributed by atoms with Crippen LogP contribution in [0.5, 0.6) is 0 Å². The maximum Gasteiger partial charge on any atom is 0.469 e. The molecule has 2 amide bonds. The van der Waals surface area contributed by atoms with Crippen LogP contribution in [0.1, 0.15) is 40.2 Å². The topological polar surface area (TPSA) is 116 Å². The van der Waals surface area contributed by atoms with E-state index in [1.165, 1.54) is 29.2 Å². The third kappa shape index (κ3) is 7.14. The molecule has 0 aromatic heterocycles. The summed E-state index contributed by atoms with van der Waals surface area (Å²) in [5.74, 6) is -1.22. The number of halogens is 3. The molecule has 0 spiro atoms. The minimum Gasteiger partial charge on any atom is -0.341 e. The average Bonchev–Trinajstić information content (AvgIpc) is 2.81. The van der Waals surface area contributed by atoms with Gasteiger partial charge < -0.3 is 20.0 Å². The predicted molar refractivity (Wildman–Crippen MR) is 116 cm³/mol. The summed E-state index contributed by atoms with van der Waals surface area (Å²) in [6, 6.07) is 11.6. The molecule has 12 heteroatoms. The molecule has 34 heavy (non-hydrogen) atoms. The highest BCUT2D eigenvalue weighted by Crippen LogP contribution is 2.36. The number of nitrogens with zero attached hydrogens (tertiary/aromatic N) is 1. The van der Waals surface area contributed by atoms with Crippen molar-refractivity contribution < 1.29 is 41.6 Å². The van der Waals surface area contributed by atoms with Crippen LogP contribution < -0.4 is 5.32 Å². The van der Waals surface area contributed by atoms with Crippen LogP contribution in [0, 0.1) is 0 Å². The summed E-state index contributed by atoms with van der Waals surface area (Å²) in [4.78, 5) is 45.0. The van der Waals surface area contributed by atoms with Crippen molar-refractivity contribution in [1.29, 1.82) is 0 Å². The number of amides is 2. The van der Waals surface area contributed by atoms with Gasteiger partial charge in [-0.1, -0.05) is 30.3 Å². The first-order chi connectivity index (χ1) is 15.9. The Kier molecular flexibility index (Phi) is 8.14. The molecule has 1 fully saturated rings. The molecule has 1 aliphatic heterocycles. The molecule has 1 saturated heterocycles. The second kappa shape index (κ2) is 10.7. The zero-order chi connectivity index (χ0) is 24.9. The fourth-order valence-corrected chi connectivity index (χ4v) is 4.12. The number of phosphoric acid groups is 1. The van der Waals surface area contributed by atoms with Gasteiger partial charge in [-0.2, -0.15) is 13.2 Å². The first-order valence-electron chi connectivity index (χ1n) is 10.5. The maximum atomic E-state index is 13.0. The smallest absolute Gasteiger partial charge is 0.341 e. The number of likely N-dealkylation sites (tertiary alicyclic amines) is 1. The Hall–Kier alpha value is -2.72. The highest BCUT2D eigenvalue weighted by molar-refractivity contribution is 7.46. The number of hydrogen-bond acceptors (Lipinski definition) is 4. The van der Waals surface area contributed by atoms with Gasteiger partial charge in [0.2, 0.25) is 5.91 Å². The van der Waals surface area contributed by atoms with Gasteiger partial charge in [-0.15, -0.1) is 0 Å². The highest BCUT2D eigenvalue weighted by Gasteiger charge is 2.33. The van der Waals surface area contributed by atoms with Crippen LogP contribution in [-0.4, -0.2) is 52.2 Å². The predicted octanol–water partition coefficient (Wildman–Crippen LogP) is 3.32. The minimum absolute atomic E-state index is 0.0463. The Bertz CT molecular complexity index is 1030. The first kappa shape index (κ1) is 25.9. The molecule has 2 aromatic carbocycles. The molecule has 1 heterocycles. The fourth-order valence-electron chi connectivity index (χ4n) is 3.78. The number of piperidine rings is 1. The molecule has 184 valence electrons. The summed E-state index contributed by atoms with van der Waals surface area (Å²) < 4.78 is 54.0. The van der Waals surface area contributed by atoms with E-state index in [1.54, 1.807) is 18.2 Å². The number of phosphoric ester groups is 1. The number of alkyl halides is 3. The second-order valence-electron chi connectivity index (χ2n) is 7.90. The van der Waals surface area contributed by atoms with Crippen LogP contribution in [-0.2, 0) is 20.1 Å². The maximum absolute atomic E-state index is 13.0. The molecule has 0 bridgehead atoms. The van der Waals surface area contributed by atoms with Gasteiger partial charge in [-0.25, -0.2) is 4.57 Å². The van der Waals surface area contributed by atoms with Crippen molar-refractivity contribution in [2.45, 2.75) is 31.0 Å². The largest absolute Gasteiger partial charge is 0.469 e. The summed E-state index contributed by atoms with van der Waals surface area (Å²) in [5, 5.41) is 2.46. The zero-order valence-electron chi connectivity index (χ0n) is 17.9. The molecule has 0 saturated carbocycles. The summed E-state index contributed by atoms with van der Waals surface area (Å²) in [7, 11) is -4.88. The molecule has 8 nitrogen and oxygen atoms in total. The van der Waals surface area contributed by atoms with Crippen molar-refractivity contribution in [2.24, 2.45) is 0 Å². The standard InChI is InChI=1S/C22H24F3N2O6P/c23-22(24,25)18-8-6-15(7-9-18)16-10-12-27(13-11-16)21(29)19(14-33-34(30,31)32)26-20(28)17-4-2-1-3-5-17/h1-9,16,19H,10-14H2,(H,26,28)(H2,30,31,32)/t19-/m0/s1. The molecule has 1 atom stereocenters. The van der Waals surface area contributed by atoms with Gasteiger partial charge in [0.1, 0.15) is 6.04 Å². The Morgan fingerprint density at radius 1 is 1.06 bits per heavy atom. The zero-order valence-corrected chi connectivity index (χ0v) is 18.8. The van der Waals surface area contributed by atoms with Gasteiger partial charge in [0.05, 0.1) is 12.2 Å². The minimum atomic E-state index is -4.88. The van der Waals surface area contributed by atoms with Crippen LogP contribution in [0.2, 0.25) is 0 Å². The Balaban J connectivity index is 1.64. The summed E-state index contributed by atoms with van der Waals surface area (Å²) in [6.45, 7) is -0.198. The molecule has 3 N–H and O–H groups in total. The van der Waals surface area contributed by atoms with Gasteiger partial charge in [-0.05, 0) is 48.6 Å². The van der Waals surface area contributed by atoms with Crippen molar-refractivity contribution in [3.05, 3.63) is 71.3 Å². The monoisotopic (exact) mass is 500 g/mol. The van der Waals surface area contributed by atoms with Crippen LogP contribution in [0.4, 0.5) is 13.2 Å². The van der Waals surface area contributed by atoms with E-state index in [2.05, 4.69) is 9.84 Å². The highest BCUT2D eigenvalue weighted by atomic mass is 31.2. The van der Waals surface area contributed by atoms with Crippen LogP contribution in [0.3, 0.4) is 0 Å². The molecular weight excluding hydrogens is 476 g/mol. The molecule has 2 aromatic rings. The number of benzene rings is 2. The van der Waals surface area contributed by atoms with E-state index >= 15 is 0 Å². The van der Waals surface area contributed by atoms with E-state index in [0.29, 0.717) is 12.8 Å². The van der Waals surface area contributed by atoms with Crippen molar-refractivity contribution in [1.82, 2.24) is 10.2 Å². The number of hydrogen-bond donors (Lipinski definition) is 3. The van der Waals surface area contributed by atoms with Crippen molar-refractivity contribution >= 4 is 19.6 Å². The van der Waals surface area contributed by atoms with Crippen molar-refractivity contribution in [3.63, 3.8) is 0 Å². The fraction of sp³-hybridized carbons (Fsp3) is 0.364.